The first kappa shape index (κ1) is 13.8. The fourth-order valence-electron chi connectivity index (χ4n) is 2.57. The Balaban J connectivity index is 1.82. The number of hydrogen-bond donors (Lipinski definition) is 1. The number of nitrogens with one attached hydrogen (secondary N) is 1. The molecule has 0 unspecified atom stereocenters. The molecule has 0 atom stereocenters. The molecule has 1 fully saturated rings. The van der Waals surface area contributed by atoms with Gasteiger partial charge in [0.15, 0.2) is 0 Å². The van der Waals surface area contributed by atoms with Crippen molar-refractivity contribution < 1.29 is 4.79 Å². The average molecular weight is 285 g/mol. The maximum atomic E-state index is 12.8. The molecule has 1 N–H and O–H groups in total. The molecule has 1 aromatic heterocycles. The maximum absolute atomic E-state index is 12.8. The summed E-state index contributed by atoms with van der Waals surface area (Å²) in [5.41, 5.74) is 1.74. The first-order valence-corrected chi connectivity index (χ1v) is 7.25. The number of rotatable bonds is 3. The van der Waals surface area contributed by atoms with Crippen LogP contribution in [0.2, 0.25) is 0 Å². The molecule has 1 aliphatic rings. The van der Waals surface area contributed by atoms with E-state index in [4.69, 9.17) is 0 Å². The van der Waals surface area contributed by atoms with Crippen LogP contribution in [0, 0.1) is 0 Å². The van der Waals surface area contributed by atoms with E-state index in [1.807, 2.05) is 29.2 Å². The lowest BCUT2D eigenvalue weighted by Crippen LogP contribution is -2.34. The zero-order valence-corrected chi connectivity index (χ0v) is 11.9. The standard InChI is InChI=1S/C15H19N5O/c21-15(19-8-3-6-16-7-9-19)14-5-2-1-4-13(14)10-20-12-17-11-18-20/h1-2,4-5,11-12,16H,3,6-10H2. The first-order valence-electron chi connectivity index (χ1n) is 7.25. The summed E-state index contributed by atoms with van der Waals surface area (Å²) in [7, 11) is 0. The lowest BCUT2D eigenvalue weighted by molar-refractivity contribution is 0.0765. The van der Waals surface area contributed by atoms with Crippen molar-refractivity contribution >= 4 is 5.91 Å². The number of hydrogen-bond acceptors (Lipinski definition) is 4. The van der Waals surface area contributed by atoms with Gasteiger partial charge in [0, 0.05) is 25.2 Å². The summed E-state index contributed by atoms with van der Waals surface area (Å²) >= 11 is 0. The van der Waals surface area contributed by atoms with Crippen LogP contribution in [-0.2, 0) is 6.54 Å². The van der Waals surface area contributed by atoms with Gasteiger partial charge in [-0.15, -0.1) is 0 Å². The molecular formula is C15H19N5O. The van der Waals surface area contributed by atoms with Crippen molar-refractivity contribution in [1.82, 2.24) is 25.0 Å². The van der Waals surface area contributed by atoms with Crippen LogP contribution in [0.15, 0.2) is 36.9 Å². The minimum atomic E-state index is 0.106. The van der Waals surface area contributed by atoms with Gasteiger partial charge in [0.05, 0.1) is 6.54 Å². The van der Waals surface area contributed by atoms with Crippen LogP contribution in [0.25, 0.3) is 0 Å². The van der Waals surface area contributed by atoms with E-state index in [2.05, 4.69) is 15.4 Å². The Kier molecular flexibility index (Phi) is 4.25. The number of benzene rings is 1. The van der Waals surface area contributed by atoms with E-state index in [0.29, 0.717) is 6.54 Å². The van der Waals surface area contributed by atoms with Gasteiger partial charge in [-0.1, -0.05) is 18.2 Å². The number of amides is 1. The summed E-state index contributed by atoms with van der Waals surface area (Å²) in [5, 5.41) is 7.43. The Bertz CT molecular complexity index is 588. The van der Waals surface area contributed by atoms with E-state index in [0.717, 1.165) is 43.7 Å². The molecule has 0 bridgehead atoms. The minimum absolute atomic E-state index is 0.106. The second-order valence-corrected chi connectivity index (χ2v) is 5.15. The highest BCUT2D eigenvalue weighted by atomic mass is 16.2. The van der Waals surface area contributed by atoms with Gasteiger partial charge in [0.25, 0.3) is 5.91 Å². The highest BCUT2D eigenvalue weighted by Gasteiger charge is 2.19. The molecule has 0 aliphatic carbocycles. The molecule has 0 radical (unpaired) electrons. The molecule has 6 nitrogen and oxygen atoms in total. The van der Waals surface area contributed by atoms with Gasteiger partial charge in [-0.2, -0.15) is 5.10 Å². The summed E-state index contributed by atoms with van der Waals surface area (Å²) < 4.78 is 1.73. The summed E-state index contributed by atoms with van der Waals surface area (Å²) in [6.07, 6.45) is 4.17. The van der Waals surface area contributed by atoms with Crippen molar-refractivity contribution in [3.8, 4) is 0 Å². The average Bonchev–Trinajstić information content (AvgIpc) is 2.87. The van der Waals surface area contributed by atoms with Gasteiger partial charge in [-0.3, -0.25) is 4.79 Å². The van der Waals surface area contributed by atoms with Crippen molar-refractivity contribution in [3.63, 3.8) is 0 Å². The molecule has 21 heavy (non-hydrogen) atoms. The van der Waals surface area contributed by atoms with Crippen molar-refractivity contribution in [3.05, 3.63) is 48.0 Å². The molecule has 0 saturated carbocycles. The Hall–Kier alpha value is -2.21. The third-order valence-electron chi connectivity index (χ3n) is 3.67. The summed E-state index contributed by atoms with van der Waals surface area (Å²) in [5.74, 6) is 0.106. The molecule has 2 heterocycles. The zero-order valence-electron chi connectivity index (χ0n) is 11.9. The van der Waals surface area contributed by atoms with Crippen LogP contribution in [0.3, 0.4) is 0 Å². The SMILES string of the molecule is O=C(c1ccccc1Cn1cncn1)N1CCCNCC1. The van der Waals surface area contributed by atoms with Crippen LogP contribution in [0.1, 0.15) is 22.3 Å². The van der Waals surface area contributed by atoms with Crippen LogP contribution in [-0.4, -0.2) is 51.8 Å². The topological polar surface area (TPSA) is 63.1 Å². The third-order valence-corrected chi connectivity index (χ3v) is 3.67. The van der Waals surface area contributed by atoms with Crippen LogP contribution >= 0.6 is 0 Å². The number of carbonyl (C=O) groups excluding carboxylic acids is 1. The van der Waals surface area contributed by atoms with Gasteiger partial charge in [-0.05, 0) is 24.6 Å². The number of nitrogens with zero attached hydrogens (tertiary/aromatic N) is 4. The van der Waals surface area contributed by atoms with Crippen LogP contribution < -0.4 is 5.32 Å². The molecule has 110 valence electrons. The molecule has 2 aromatic rings. The molecule has 1 amide bonds. The second-order valence-electron chi connectivity index (χ2n) is 5.15. The zero-order chi connectivity index (χ0) is 14.5. The number of carbonyl (C=O) groups is 1. The van der Waals surface area contributed by atoms with E-state index < -0.39 is 0 Å². The smallest absolute Gasteiger partial charge is 0.254 e. The Morgan fingerprint density at radius 1 is 1.24 bits per heavy atom. The third kappa shape index (κ3) is 3.28. The van der Waals surface area contributed by atoms with E-state index in [1.165, 1.54) is 6.33 Å². The van der Waals surface area contributed by atoms with Gasteiger partial charge in [0.2, 0.25) is 0 Å². The van der Waals surface area contributed by atoms with E-state index in [-0.39, 0.29) is 5.91 Å². The fourth-order valence-corrected chi connectivity index (χ4v) is 2.57. The molecule has 3 rings (SSSR count). The van der Waals surface area contributed by atoms with Gasteiger partial charge < -0.3 is 10.2 Å². The summed E-state index contributed by atoms with van der Waals surface area (Å²) in [4.78, 5) is 18.6. The number of aromatic nitrogens is 3. The summed E-state index contributed by atoms with van der Waals surface area (Å²) in [6.45, 7) is 3.97. The molecule has 1 aliphatic heterocycles. The molecule has 0 spiro atoms. The highest BCUT2D eigenvalue weighted by Crippen LogP contribution is 2.14. The molecule has 1 saturated heterocycles. The normalized spacial score (nSPS) is 15.7. The predicted molar refractivity (Wildman–Crippen MR) is 79.0 cm³/mol. The van der Waals surface area contributed by atoms with Crippen molar-refractivity contribution in [2.75, 3.05) is 26.2 Å². The van der Waals surface area contributed by atoms with Gasteiger partial charge in [-0.25, -0.2) is 9.67 Å². The highest BCUT2D eigenvalue weighted by molar-refractivity contribution is 5.95. The van der Waals surface area contributed by atoms with Gasteiger partial charge in [0.1, 0.15) is 12.7 Å². The van der Waals surface area contributed by atoms with E-state index in [9.17, 15) is 4.79 Å². The summed E-state index contributed by atoms with van der Waals surface area (Å²) in [6, 6.07) is 7.74. The molecular weight excluding hydrogens is 266 g/mol. The Labute approximate surface area is 123 Å². The molecule has 6 heteroatoms. The fraction of sp³-hybridized carbons (Fsp3) is 0.400. The Morgan fingerprint density at radius 3 is 3.00 bits per heavy atom. The van der Waals surface area contributed by atoms with Crippen molar-refractivity contribution in [2.45, 2.75) is 13.0 Å². The first-order chi connectivity index (χ1) is 10.3. The predicted octanol–water partition coefficient (Wildman–Crippen LogP) is 0.762. The van der Waals surface area contributed by atoms with Crippen LogP contribution in [0.5, 0.6) is 0 Å². The maximum Gasteiger partial charge on any atom is 0.254 e. The largest absolute Gasteiger partial charge is 0.337 e. The Morgan fingerprint density at radius 2 is 2.14 bits per heavy atom. The lowest BCUT2D eigenvalue weighted by atomic mass is 10.1. The monoisotopic (exact) mass is 285 g/mol. The van der Waals surface area contributed by atoms with Crippen molar-refractivity contribution in [1.29, 1.82) is 0 Å². The molecule has 1 aromatic carbocycles. The van der Waals surface area contributed by atoms with E-state index in [1.54, 1.807) is 11.0 Å². The van der Waals surface area contributed by atoms with Gasteiger partial charge >= 0.3 is 0 Å². The minimum Gasteiger partial charge on any atom is -0.337 e. The van der Waals surface area contributed by atoms with Crippen molar-refractivity contribution in [2.24, 2.45) is 0 Å². The van der Waals surface area contributed by atoms with Crippen LogP contribution in [0.4, 0.5) is 0 Å². The lowest BCUT2D eigenvalue weighted by Gasteiger charge is -2.21. The quantitative estimate of drug-likeness (QED) is 0.904. The van der Waals surface area contributed by atoms with E-state index >= 15 is 0 Å². The second kappa shape index (κ2) is 6.49.